The van der Waals surface area contributed by atoms with Crippen LogP contribution in [0.15, 0.2) is 0 Å². The SMILES string of the molecule is CCO[C@H](OC)[C@@H](OCC)OC(C)(C)C(=O)O. The van der Waals surface area contributed by atoms with Gasteiger partial charge in [0, 0.05) is 20.3 Å². The summed E-state index contributed by atoms with van der Waals surface area (Å²) in [4.78, 5) is 11.0. The highest BCUT2D eigenvalue weighted by atomic mass is 16.8. The van der Waals surface area contributed by atoms with Gasteiger partial charge >= 0.3 is 5.97 Å². The van der Waals surface area contributed by atoms with E-state index in [0.29, 0.717) is 13.2 Å². The van der Waals surface area contributed by atoms with Gasteiger partial charge in [0.05, 0.1) is 0 Å². The van der Waals surface area contributed by atoms with Crippen molar-refractivity contribution in [2.24, 2.45) is 0 Å². The molecule has 0 aromatic carbocycles. The highest BCUT2D eigenvalue weighted by Crippen LogP contribution is 2.17. The lowest BCUT2D eigenvalue weighted by Gasteiger charge is -2.31. The normalized spacial score (nSPS) is 15.6. The van der Waals surface area contributed by atoms with Crippen molar-refractivity contribution >= 4 is 5.97 Å². The number of hydrogen-bond acceptors (Lipinski definition) is 5. The van der Waals surface area contributed by atoms with Crippen molar-refractivity contribution in [1.29, 1.82) is 0 Å². The summed E-state index contributed by atoms with van der Waals surface area (Å²) in [6.45, 7) is 7.26. The summed E-state index contributed by atoms with van der Waals surface area (Å²) in [6, 6.07) is 0. The number of aliphatic carboxylic acids is 1. The van der Waals surface area contributed by atoms with Crippen LogP contribution in [0.3, 0.4) is 0 Å². The van der Waals surface area contributed by atoms with Gasteiger partial charge in [0.25, 0.3) is 0 Å². The minimum Gasteiger partial charge on any atom is -0.479 e. The Morgan fingerprint density at radius 3 is 2.00 bits per heavy atom. The zero-order valence-corrected chi connectivity index (χ0v) is 11.1. The third-order valence-electron chi connectivity index (χ3n) is 2.04. The van der Waals surface area contributed by atoms with Crippen LogP contribution in [-0.4, -0.2) is 49.6 Å². The lowest BCUT2D eigenvalue weighted by atomic mass is 10.1. The van der Waals surface area contributed by atoms with Gasteiger partial charge in [-0.25, -0.2) is 4.79 Å². The number of hydrogen-bond donors (Lipinski definition) is 1. The fourth-order valence-electron chi connectivity index (χ4n) is 1.10. The Hall–Kier alpha value is -0.690. The molecule has 0 saturated heterocycles. The molecule has 0 bridgehead atoms. The third-order valence-corrected chi connectivity index (χ3v) is 2.04. The Morgan fingerprint density at radius 1 is 1.18 bits per heavy atom. The molecule has 0 spiro atoms. The molecule has 0 fully saturated rings. The fourth-order valence-corrected chi connectivity index (χ4v) is 1.10. The van der Waals surface area contributed by atoms with E-state index in [2.05, 4.69) is 0 Å². The summed E-state index contributed by atoms with van der Waals surface area (Å²) in [5.74, 6) is -1.08. The van der Waals surface area contributed by atoms with Gasteiger partial charge in [0.1, 0.15) is 0 Å². The first-order chi connectivity index (χ1) is 7.88. The van der Waals surface area contributed by atoms with E-state index in [0.717, 1.165) is 0 Å². The van der Waals surface area contributed by atoms with Crippen molar-refractivity contribution in [3.8, 4) is 0 Å². The number of methoxy groups -OCH3 is 1. The summed E-state index contributed by atoms with van der Waals surface area (Å²) >= 11 is 0. The summed E-state index contributed by atoms with van der Waals surface area (Å²) in [7, 11) is 1.45. The molecule has 0 heterocycles. The average Bonchev–Trinajstić information content (AvgIpc) is 2.24. The first kappa shape index (κ1) is 16.3. The third kappa shape index (κ3) is 5.45. The molecule has 0 aromatic heterocycles. The van der Waals surface area contributed by atoms with Gasteiger partial charge in [-0.2, -0.15) is 0 Å². The summed E-state index contributed by atoms with van der Waals surface area (Å²) < 4.78 is 21.0. The number of carboxylic acid groups (broad SMARTS) is 1. The Kier molecular flexibility index (Phi) is 7.29. The first-order valence-corrected chi connectivity index (χ1v) is 5.56. The van der Waals surface area contributed by atoms with Crippen LogP contribution in [0.1, 0.15) is 27.7 Å². The van der Waals surface area contributed by atoms with E-state index in [4.69, 9.17) is 24.1 Å². The van der Waals surface area contributed by atoms with Crippen LogP contribution in [0, 0.1) is 0 Å². The van der Waals surface area contributed by atoms with E-state index in [9.17, 15) is 4.79 Å². The summed E-state index contributed by atoms with van der Waals surface area (Å²) in [6.07, 6.45) is -1.63. The van der Waals surface area contributed by atoms with E-state index in [1.54, 1.807) is 13.8 Å². The Morgan fingerprint density at radius 2 is 1.65 bits per heavy atom. The number of ether oxygens (including phenoxy) is 4. The Bertz CT molecular complexity index is 228. The molecular weight excluding hydrogens is 228 g/mol. The van der Waals surface area contributed by atoms with Crippen LogP contribution in [0.4, 0.5) is 0 Å². The van der Waals surface area contributed by atoms with Crippen LogP contribution < -0.4 is 0 Å². The lowest BCUT2D eigenvalue weighted by Crippen LogP contribution is -2.45. The molecule has 0 aliphatic heterocycles. The highest BCUT2D eigenvalue weighted by molar-refractivity contribution is 5.76. The van der Waals surface area contributed by atoms with E-state index >= 15 is 0 Å². The molecule has 102 valence electrons. The molecule has 0 rings (SSSR count). The van der Waals surface area contributed by atoms with Crippen molar-refractivity contribution in [3.63, 3.8) is 0 Å². The lowest BCUT2D eigenvalue weighted by molar-refractivity contribution is -0.300. The first-order valence-electron chi connectivity index (χ1n) is 5.56. The smallest absolute Gasteiger partial charge is 0.335 e. The second-order valence-corrected chi connectivity index (χ2v) is 3.82. The molecule has 6 nitrogen and oxygen atoms in total. The van der Waals surface area contributed by atoms with Gasteiger partial charge in [-0.1, -0.05) is 0 Å². The Labute approximate surface area is 102 Å². The van der Waals surface area contributed by atoms with Crippen molar-refractivity contribution in [1.82, 2.24) is 0 Å². The van der Waals surface area contributed by atoms with Crippen LogP contribution in [0.5, 0.6) is 0 Å². The van der Waals surface area contributed by atoms with Crippen molar-refractivity contribution in [3.05, 3.63) is 0 Å². The molecule has 0 amide bonds. The van der Waals surface area contributed by atoms with E-state index in [-0.39, 0.29) is 0 Å². The van der Waals surface area contributed by atoms with Crippen LogP contribution in [-0.2, 0) is 23.7 Å². The van der Waals surface area contributed by atoms with Crippen LogP contribution in [0.25, 0.3) is 0 Å². The second kappa shape index (κ2) is 7.60. The minimum atomic E-state index is -1.37. The number of carboxylic acids is 1. The molecule has 0 radical (unpaired) electrons. The molecule has 0 unspecified atom stereocenters. The van der Waals surface area contributed by atoms with E-state index in [1.807, 2.05) is 0 Å². The molecule has 0 aliphatic rings. The van der Waals surface area contributed by atoms with Gasteiger partial charge in [-0.15, -0.1) is 0 Å². The van der Waals surface area contributed by atoms with Crippen LogP contribution >= 0.6 is 0 Å². The van der Waals surface area contributed by atoms with E-state index in [1.165, 1.54) is 21.0 Å². The maximum Gasteiger partial charge on any atom is 0.335 e. The molecular formula is C11H22O6. The predicted molar refractivity (Wildman–Crippen MR) is 60.6 cm³/mol. The van der Waals surface area contributed by atoms with Crippen LogP contribution in [0.2, 0.25) is 0 Å². The predicted octanol–water partition coefficient (Wildman–Crippen LogP) is 1.24. The highest BCUT2D eigenvalue weighted by Gasteiger charge is 2.35. The Balaban J connectivity index is 4.66. The largest absolute Gasteiger partial charge is 0.479 e. The van der Waals surface area contributed by atoms with Crippen molar-refractivity contribution in [2.75, 3.05) is 20.3 Å². The standard InChI is InChI=1S/C11H22O6/c1-6-15-8(14-5)9(16-7-2)17-11(3,4)10(12)13/h8-9H,6-7H2,1-5H3,(H,12,13)/t8-,9-/m0/s1. The maximum atomic E-state index is 11.0. The zero-order valence-electron chi connectivity index (χ0n) is 11.1. The minimum absolute atomic E-state index is 0.368. The topological polar surface area (TPSA) is 74.2 Å². The maximum absolute atomic E-state index is 11.0. The number of carbonyl (C=O) groups is 1. The van der Waals surface area contributed by atoms with Gasteiger partial charge < -0.3 is 24.1 Å². The van der Waals surface area contributed by atoms with Crippen molar-refractivity contribution < 1.29 is 28.8 Å². The second-order valence-electron chi connectivity index (χ2n) is 3.82. The molecule has 0 saturated carbocycles. The van der Waals surface area contributed by atoms with Gasteiger partial charge in [0.2, 0.25) is 12.6 Å². The number of rotatable bonds is 9. The monoisotopic (exact) mass is 250 g/mol. The van der Waals surface area contributed by atoms with Gasteiger partial charge in [0.15, 0.2) is 5.60 Å². The summed E-state index contributed by atoms with van der Waals surface area (Å²) in [5.41, 5.74) is -1.37. The molecule has 0 aliphatic carbocycles. The molecule has 17 heavy (non-hydrogen) atoms. The van der Waals surface area contributed by atoms with Gasteiger partial charge in [-0.3, -0.25) is 0 Å². The zero-order chi connectivity index (χ0) is 13.5. The van der Waals surface area contributed by atoms with Gasteiger partial charge in [-0.05, 0) is 27.7 Å². The molecule has 0 aromatic rings. The molecule has 1 N–H and O–H groups in total. The molecule has 2 atom stereocenters. The average molecular weight is 250 g/mol. The fraction of sp³-hybridized carbons (Fsp3) is 0.909. The quantitative estimate of drug-likeness (QED) is 0.620. The molecule has 6 heteroatoms. The summed E-state index contributed by atoms with van der Waals surface area (Å²) in [5, 5.41) is 8.98. The van der Waals surface area contributed by atoms with E-state index < -0.39 is 24.2 Å². The van der Waals surface area contributed by atoms with Crippen molar-refractivity contribution in [2.45, 2.75) is 45.9 Å².